The Morgan fingerprint density at radius 1 is 1.57 bits per heavy atom. The minimum Gasteiger partial charge on any atom is -0.382 e. The first-order valence-corrected chi connectivity index (χ1v) is 4.82. The van der Waals surface area contributed by atoms with Crippen LogP contribution in [-0.2, 0) is 4.74 Å². The van der Waals surface area contributed by atoms with E-state index in [1.165, 1.54) is 6.42 Å². The summed E-state index contributed by atoms with van der Waals surface area (Å²) in [5.41, 5.74) is 0.0216. The molecule has 0 radical (unpaired) electrons. The molecule has 1 aliphatic carbocycles. The summed E-state index contributed by atoms with van der Waals surface area (Å²) in [7, 11) is 1.71. The molecule has 1 aromatic rings. The van der Waals surface area contributed by atoms with Gasteiger partial charge in [0, 0.05) is 7.11 Å². The van der Waals surface area contributed by atoms with Crippen molar-refractivity contribution < 1.29 is 9.26 Å². The quantitative estimate of drug-likeness (QED) is 0.789. The van der Waals surface area contributed by atoms with E-state index in [2.05, 4.69) is 15.5 Å². The van der Waals surface area contributed by atoms with Crippen molar-refractivity contribution in [2.45, 2.75) is 31.7 Å². The lowest BCUT2D eigenvalue weighted by Gasteiger charge is -2.41. The zero-order chi connectivity index (χ0) is 10.0. The van der Waals surface area contributed by atoms with Crippen LogP contribution in [0, 0.1) is 6.92 Å². The monoisotopic (exact) mass is 197 g/mol. The Morgan fingerprint density at radius 3 is 2.79 bits per heavy atom. The lowest BCUT2D eigenvalue weighted by atomic mass is 9.77. The molecule has 0 aliphatic heterocycles. The van der Waals surface area contributed by atoms with Crippen molar-refractivity contribution in [2.24, 2.45) is 0 Å². The maximum absolute atomic E-state index is 5.18. The molecule has 0 amide bonds. The third kappa shape index (κ3) is 1.72. The second-order valence-corrected chi connectivity index (χ2v) is 3.84. The zero-order valence-electron chi connectivity index (χ0n) is 8.54. The van der Waals surface area contributed by atoms with Crippen LogP contribution in [0.2, 0.25) is 0 Å². The summed E-state index contributed by atoms with van der Waals surface area (Å²) < 4.78 is 10.2. The predicted octanol–water partition coefficient (Wildman–Crippen LogP) is 1.36. The van der Waals surface area contributed by atoms with Crippen molar-refractivity contribution in [1.29, 1.82) is 0 Å². The molecule has 0 bridgehead atoms. The van der Waals surface area contributed by atoms with Crippen molar-refractivity contribution in [3.63, 3.8) is 0 Å². The summed E-state index contributed by atoms with van der Waals surface area (Å²) in [6.07, 6.45) is 3.42. The van der Waals surface area contributed by atoms with Gasteiger partial charge in [-0.25, -0.2) is 0 Å². The number of nitrogens with zero attached hydrogens (tertiary/aromatic N) is 2. The van der Waals surface area contributed by atoms with E-state index < -0.39 is 0 Å². The normalized spacial score (nSPS) is 19.0. The maximum atomic E-state index is 5.18. The van der Waals surface area contributed by atoms with Crippen molar-refractivity contribution in [2.75, 3.05) is 19.0 Å². The van der Waals surface area contributed by atoms with Crippen LogP contribution in [0.5, 0.6) is 0 Å². The van der Waals surface area contributed by atoms with E-state index in [-0.39, 0.29) is 5.54 Å². The average Bonchev–Trinajstić information content (AvgIpc) is 2.48. The number of aryl methyl sites for hydroxylation is 1. The highest BCUT2D eigenvalue weighted by atomic mass is 16.5. The van der Waals surface area contributed by atoms with Gasteiger partial charge in [-0.15, -0.1) is 0 Å². The van der Waals surface area contributed by atoms with E-state index in [4.69, 9.17) is 9.26 Å². The minimum atomic E-state index is 0.0216. The van der Waals surface area contributed by atoms with Gasteiger partial charge in [-0.05, 0) is 26.2 Å². The van der Waals surface area contributed by atoms with Gasteiger partial charge in [0.2, 0.25) is 0 Å². The number of ether oxygens (including phenoxy) is 1. The molecule has 1 saturated carbocycles. The fourth-order valence-electron chi connectivity index (χ4n) is 1.76. The Labute approximate surface area is 82.8 Å². The summed E-state index contributed by atoms with van der Waals surface area (Å²) in [6, 6.07) is 0.499. The third-order valence-electron chi connectivity index (χ3n) is 2.63. The fraction of sp³-hybridized carbons (Fsp3) is 0.778. The maximum Gasteiger partial charge on any atom is 0.321 e. The number of aromatic nitrogens is 2. The molecule has 14 heavy (non-hydrogen) atoms. The molecule has 0 saturated heterocycles. The van der Waals surface area contributed by atoms with Gasteiger partial charge in [0.1, 0.15) is 0 Å². The average molecular weight is 197 g/mol. The smallest absolute Gasteiger partial charge is 0.321 e. The molecule has 1 N–H and O–H groups in total. The van der Waals surface area contributed by atoms with E-state index in [0.717, 1.165) is 12.8 Å². The number of anilines is 1. The number of methoxy groups -OCH3 is 1. The van der Waals surface area contributed by atoms with Gasteiger partial charge in [0.05, 0.1) is 12.1 Å². The molecule has 1 heterocycles. The van der Waals surface area contributed by atoms with Gasteiger partial charge in [0.25, 0.3) is 0 Å². The molecular formula is C9H15N3O2. The van der Waals surface area contributed by atoms with Crippen LogP contribution in [-0.4, -0.2) is 29.4 Å². The van der Waals surface area contributed by atoms with E-state index >= 15 is 0 Å². The third-order valence-corrected chi connectivity index (χ3v) is 2.63. The highest BCUT2D eigenvalue weighted by molar-refractivity contribution is 5.27. The first kappa shape index (κ1) is 9.45. The summed E-state index contributed by atoms with van der Waals surface area (Å²) in [4.78, 5) is 4.12. The molecule has 1 aliphatic rings. The van der Waals surface area contributed by atoms with Gasteiger partial charge in [-0.3, -0.25) is 0 Å². The SMILES string of the molecule is COCC1(Nc2nc(C)no2)CCC1. The first-order valence-electron chi connectivity index (χ1n) is 4.82. The second kappa shape index (κ2) is 3.57. The highest BCUT2D eigenvalue weighted by Gasteiger charge is 2.38. The van der Waals surface area contributed by atoms with E-state index in [1.807, 2.05) is 0 Å². The lowest BCUT2D eigenvalue weighted by Crippen LogP contribution is -2.49. The summed E-state index contributed by atoms with van der Waals surface area (Å²) >= 11 is 0. The molecule has 0 atom stereocenters. The molecule has 78 valence electrons. The molecule has 2 rings (SSSR count). The van der Waals surface area contributed by atoms with E-state index in [9.17, 15) is 0 Å². The van der Waals surface area contributed by atoms with Gasteiger partial charge < -0.3 is 14.6 Å². The van der Waals surface area contributed by atoms with E-state index in [1.54, 1.807) is 14.0 Å². The van der Waals surface area contributed by atoms with Gasteiger partial charge in [-0.2, -0.15) is 4.98 Å². The van der Waals surface area contributed by atoms with Gasteiger partial charge in [0.15, 0.2) is 5.82 Å². The Hall–Kier alpha value is -1.10. The lowest BCUT2D eigenvalue weighted by molar-refractivity contribution is 0.0960. The Kier molecular flexibility index (Phi) is 2.41. The van der Waals surface area contributed by atoms with Crippen LogP contribution in [0.25, 0.3) is 0 Å². The van der Waals surface area contributed by atoms with Crippen LogP contribution in [0.1, 0.15) is 25.1 Å². The molecule has 5 heteroatoms. The molecule has 1 aromatic heterocycles. The Morgan fingerprint density at radius 2 is 2.36 bits per heavy atom. The first-order chi connectivity index (χ1) is 6.74. The largest absolute Gasteiger partial charge is 0.382 e. The zero-order valence-corrected chi connectivity index (χ0v) is 8.54. The minimum absolute atomic E-state index is 0.0216. The highest BCUT2D eigenvalue weighted by Crippen LogP contribution is 2.34. The number of nitrogens with one attached hydrogen (secondary N) is 1. The Bertz CT molecular complexity index is 307. The fourth-order valence-corrected chi connectivity index (χ4v) is 1.76. The number of hydrogen-bond donors (Lipinski definition) is 1. The van der Waals surface area contributed by atoms with Crippen LogP contribution >= 0.6 is 0 Å². The molecule has 0 unspecified atom stereocenters. The van der Waals surface area contributed by atoms with Crippen LogP contribution < -0.4 is 5.32 Å². The summed E-state index contributed by atoms with van der Waals surface area (Å²) in [6.45, 7) is 2.49. The molecular weight excluding hydrogens is 182 g/mol. The number of rotatable bonds is 4. The second-order valence-electron chi connectivity index (χ2n) is 3.84. The van der Waals surface area contributed by atoms with Crippen LogP contribution in [0.3, 0.4) is 0 Å². The predicted molar refractivity (Wildman–Crippen MR) is 51.1 cm³/mol. The summed E-state index contributed by atoms with van der Waals surface area (Å²) in [5, 5.41) is 6.98. The standard InChI is InChI=1S/C9H15N3O2/c1-7-10-8(14-12-7)11-9(6-13-2)4-3-5-9/h3-6H2,1-2H3,(H,10,11,12). The summed E-state index contributed by atoms with van der Waals surface area (Å²) in [5.74, 6) is 0.652. The Balaban J connectivity index is 2.01. The number of hydrogen-bond acceptors (Lipinski definition) is 5. The van der Waals surface area contributed by atoms with Crippen molar-refractivity contribution in [3.05, 3.63) is 5.82 Å². The molecule has 1 fully saturated rings. The van der Waals surface area contributed by atoms with Gasteiger partial charge >= 0.3 is 6.01 Å². The van der Waals surface area contributed by atoms with Crippen LogP contribution in [0.15, 0.2) is 4.52 Å². The molecule has 5 nitrogen and oxygen atoms in total. The molecule has 0 spiro atoms. The van der Waals surface area contributed by atoms with Crippen molar-refractivity contribution >= 4 is 6.01 Å². The van der Waals surface area contributed by atoms with Crippen LogP contribution in [0.4, 0.5) is 6.01 Å². The topological polar surface area (TPSA) is 60.2 Å². The van der Waals surface area contributed by atoms with E-state index in [0.29, 0.717) is 18.4 Å². The van der Waals surface area contributed by atoms with Gasteiger partial charge in [-0.1, -0.05) is 5.16 Å². The van der Waals surface area contributed by atoms with Crippen molar-refractivity contribution in [1.82, 2.24) is 10.1 Å². The molecule has 0 aromatic carbocycles. The van der Waals surface area contributed by atoms with Crippen molar-refractivity contribution in [3.8, 4) is 0 Å².